The minimum atomic E-state index is -0.0397. The molecule has 1 aromatic rings. The Kier molecular flexibility index (Phi) is 5.37. The molecule has 4 nitrogen and oxygen atoms in total. The third-order valence-corrected chi connectivity index (χ3v) is 5.67. The first-order chi connectivity index (χ1) is 9.58. The maximum Gasteiger partial charge on any atom is 0.253 e. The van der Waals surface area contributed by atoms with Crippen LogP contribution >= 0.6 is 23.5 Å². The van der Waals surface area contributed by atoms with Crippen LogP contribution in [-0.4, -0.2) is 53.3 Å². The molecule has 0 bridgehead atoms. The molecular formula is C14H18N2O2S2. The van der Waals surface area contributed by atoms with E-state index in [4.69, 9.17) is 0 Å². The van der Waals surface area contributed by atoms with Crippen LogP contribution in [0.2, 0.25) is 0 Å². The summed E-state index contributed by atoms with van der Waals surface area (Å²) in [6, 6.07) is 7.02. The van der Waals surface area contributed by atoms with Crippen molar-refractivity contribution in [3.8, 4) is 0 Å². The van der Waals surface area contributed by atoms with Crippen molar-refractivity contribution >= 4 is 41.0 Å². The number of carbonyl (C=O) groups excluding carboxylic acids is 2. The normalized spacial score (nSPS) is 18.4. The minimum absolute atomic E-state index is 0.0248. The predicted octanol–water partition coefficient (Wildman–Crippen LogP) is 2.18. The molecule has 0 saturated carbocycles. The van der Waals surface area contributed by atoms with Gasteiger partial charge in [0.2, 0.25) is 5.91 Å². The molecule has 1 atom stereocenters. The highest BCUT2D eigenvalue weighted by molar-refractivity contribution is 8.07. The number of hydrogen-bond donors (Lipinski definition) is 1. The Balaban J connectivity index is 1.96. The van der Waals surface area contributed by atoms with E-state index in [1.165, 1.54) is 4.90 Å². The van der Waals surface area contributed by atoms with E-state index >= 15 is 0 Å². The molecule has 1 aromatic carbocycles. The molecule has 1 aliphatic heterocycles. The molecule has 1 fully saturated rings. The average molecular weight is 310 g/mol. The second-order valence-corrected chi connectivity index (χ2v) is 7.16. The van der Waals surface area contributed by atoms with Crippen LogP contribution in [0.4, 0.5) is 5.69 Å². The van der Waals surface area contributed by atoms with Gasteiger partial charge in [-0.15, -0.1) is 11.8 Å². The van der Waals surface area contributed by atoms with Gasteiger partial charge in [0.25, 0.3) is 5.91 Å². The first-order valence-corrected chi connectivity index (χ1v) is 8.60. The van der Waals surface area contributed by atoms with Crippen LogP contribution in [0.3, 0.4) is 0 Å². The van der Waals surface area contributed by atoms with Gasteiger partial charge in [-0.05, 0) is 24.3 Å². The predicted molar refractivity (Wildman–Crippen MR) is 86.7 cm³/mol. The SMILES string of the molecule is CN(C)C(=O)c1ccc(NC(=O)C2CSCCS2)cc1. The molecule has 20 heavy (non-hydrogen) atoms. The summed E-state index contributed by atoms with van der Waals surface area (Å²) in [7, 11) is 3.44. The van der Waals surface area contributed by atoms with Gasteiger partial charge in [-0.3, -0.25) is 9.59 Å². The van der Waals surface area contributed by atoms with Crippen LogP contribution < -0.4 is 5.32 Å². The van der Waals surface area contributed by atoms with Crippen molar-refractivity contribution in [3.05, 3.63) is 29.8 Å². The van der Waals surface area contributed by atoms with Gasteiger partial charge in [-0.2, -0.15) is 11.8 Å². The summed E-state index contributed by atoms with van der Waals surface area (Å²) in [5, 5.41) is 2.93. The monoisotopic (exact) mass is 310 g/mol. The Labute approximate surface area is 127 Å². The van der Waals surface area contributed by atoms with Gasteiger partial charge in [0.15, 0.2) is 0 Å². The number of thioether (sulfide) groups is 2. The van der Waals surface area contributed by atoms with E-state index < -0.39 is 0 Å². The Hall–Kier alpha value is -1.14. The van der Waals surface area contributed by atoms with Crippen molar-refractivity contribution in [2.75, 3.05) is 36.7 Å². The first-order valence-electron chi connectivity index (χ1n) is 6.40. The fourth-order valence-electron chi connectivity index (χ4n) is 1.82. The number of rotatable bonds is 3. The summed E-state index contributed by atoms with van der Waals surface area (Å²) in [6.07, 6.45) is 0. The number of amides is 2. The maximum atomic E-state index is 12.1. The zero-order valence-corrected chi connectivity index (χ0v) is 13.2. The lowest BCUT2D eigenvalue weighted by Crippen LogP contribution is -2.30. The highest BCUT2D eigenvalue weighted by Gasteiger charge is 2.22. The fourth-order valence-corrected chi connectivity index (χ4v) is 4.37. The standard InChI is InChI=1S/C14H18N2O2S2/c1-16(2)14(18)10-3-5-11(6-4-10)15-13(17)12-9-19-7-8-20-12/h3-6,12H,7-9H2,1-2H3,(H,15,17). The third kappa shape index (κ3) is 3.93. The van der Waals surface area contributed by atoms with Crippen LogP contribution in [0.25, 0.3) is 0 Å². The second-order valence-electron chi connectivity index (χ2n) is 4.70. The van der Waals surface area contributed by atoms with Crippen LogP contribution in [-0.2, 0) is 4.79 Å². The molecule has 1 heterocycles. The van der Waals surface area contributed by atoms with E-state index in [0.717, 1.165) is 22.9 Å². The lowest BCUT2D eigenvalue weighted by Gasteiger charge is -2.20. The highest BCUT2D eigenvalue weighted by Crippen LogP contribution is 2.25. The van der Waals surface area contributed by atoms with Crippen molar-refractivity contribution < 1.29 is 9.59 Å². The molecule has 1 N–H and O–H groups in total. The second kappa shape index (κ2) is 7.04. The molecule has 0 aliphatic carbocycles. The summed E-state index contributed by atoms with van der Waals surface area (Å²) in [6.45, 7) is 0. The molecule has 6 heteroatoms. The number of anilines is 1. The van der Waals surface area contributed by atoms with E-state index in [9.17, 15) is 9.59 Å². The number of benzene rings is 1. The van der Waals surface area contributed by atoms with E-state index in [1.807, 2.05) is 11.8 Å². The summed E-state index contributed by atoms with van der Waals surface area (Å²) >= 11 is 3.53. The zero-order valence-electron chi connectivity index (χ0n) is 11.6. The molecule has 0 radical (unpaired) electrons. The minimum Gasteiger partial charge on any atom is -0.345 e. The Bertz CT molecular complexity index is 482. The molecule has 2 rings (SSSR count). The van der Waals surface area contributed by atoms with Gasteiger partial charge in [0.05, 0.1) is 5.25 Å². The average Bonchev–Trinajstić information content (AvgIpc) is 2.48. The van der Waals surface area contributed by atoms with Crippen molar-refractivity contribution in [2.45, 2.75) is 5.25 Å². The van der Waals surface area contributed by atoms with Crippen molar-refractivity contribution in [2.24, 2.45) is 0 Å². The highest BCUT2D eigenvalue weighted by atomic mass is 32.2. The summed E-state index contributed by atoms with van der Waals surface area (Å²) in [4.78, 5) is 25.4. The van der Waals surface area contributed by atoms with Crippen molar-refractivity contribution in [1.82, 2.24) is 4.90 Å². The number of hydrogen-bond acceptors (Lipinski definition) is 4. The first kappa shape index (κ1) is 15.3. The fraction of sp³-hybridized carbons (Fsp3) is 0.429. The maximum absolute atomic E-state index is 12.1. The van der Waals surface area contributed by atoms with Gasteiger partial charge in [-0.1, -0.05) is 0 Å². The molecule has 1 aliphatic rings. The summed E-state index contributed by atoms with van der Waals surface area (Å²) < 4.78 is 0. The van der Waals surface area contributed by atoms with Gasteiger partial charge in [0.1, 0.15) is 0 Å². The summed E-state index contributed by atoms with van der Waals surface area (Å²) in [5.74, 6) is 3.03. The van der Waals surface area contributed by atoms with E-state index in [1.54, 1.807) is 50.1 Å². The molecule has 0 spiro atoms. The number of carbonyl (C=O) groups is 2. The summed E-state index contributed by atoms with van der Waals surface area (Å²) in [5.41, 5.74) is 1.36. The lowest BCUT2D eigenvalue weighted by atomic mass is 10.2. The quantitative estimate of drug-likeness (QED) is 0.929. The van der Waals surface area contributed by atoms with E-state index in [-0.39, 0.29) is 17.1 Å². The smallest absolute Gasteiger partial charge is 0.253 e. The van der Waals surface area contributed by atoms with Crippen LogP contribution in [0, 0.1) is 0 Å². The van der Waals surface area contributed by atoms with E-state index in [0.29, 0.717) is 5.56 Å². The Morgan fingerprint density at radius 1 is 1.20 bits per heavy atom. The van der Waals surface area contributed by atoms with Crippen LogP contribution in [0.5, 0.6) is 0 Å². The molecule has 1 unspecified atom stereocenters. The number of nitrogens with zero attached hydrogens (tertiary/aromatic N) is 1. The molecule has 2 amide bonds. The molecule has 1 saturated heterocycles. The van der Waals surface area contributed by atoms with Crippen molar-refractivity contribution in [1.29, 1.82) is 0 Å². The number of nitrogens with one attached hydrogen (secondary N) is 1. The topological polar surface area (TPSA) is 49.4 Å². The largest absolute Gasteiger partial charge is 0.345 e. The van der Waals surface area contributed by atoms with Gasteiger partial charge < -0.3 is 10.2 Å². The van der Waals surface area contributed by atoms with Crippen molar-refractivity contribution in [3.63, 3.8) is 0 Å². The van der Waals surface area contributed by atoms with E-state index in [2.05, 4.69) is 5.32 Å². The Morgan fingerprint density at radius 3 is 2.45 bits per heavy atom. The van der Waals surface area contributed by atoms with Gasteiger partial charge >= 0.3 is 0 Å². The molecule has 0 aromatic heterocycles. The van der Waals surface area contributed by atoms with Crippen LogP contribution in [0.1, 0.15) is 10.4 Å². The Morgan fingerprint density at radius 2 is 1.90 bits per heavy atom. The third-order valence-electron chi connectivity index (χ3n) is 2.91. The molecular weight excluding hydrogens is 292 g/mol. The lowest BCUT2D eigenvalue weighted by molar-refractivity contribution is -0.115. The molecule has 108 valence electrons. The van der Waals surface area contributed by atoms with Gasteiger partial charge in [-0.25, -0.2) is 0 Å². The van der Waals surface area contributed by atoms with Crippen LogP contribution in [0.15, 0.2) is 24.3 Å². The van der Waals surface area contributed by atoms with Gasteiger partial charge in [0, 0.05) is 42.6 Å². The zero-order chi connectivity index (χ0) is 14.5.